The van der Waals surface area contributed by atoms with Gasteiger partial charge in [-0.05, 0) is 30.7 Å². The molecule has 0 aliphatic carbocycles. The summed E-state index contributed by atoms with van der Waals surface area (Å²) in [6, 6.07) is 4.81. The van der Waals surface area contributed by atoms with Crippen molar-refractivity contribution in [3.8, 4) is 5.75 Å². The first-order chi connectivity index (χ1) is 7.02. The van der Waals surface area contributed by atoms with Crippen LogP contribution in [-0.2, 0) is 9.53 Å². The molecule has 0 aromatic heterocycles. The highest BCUT2D eigenvalue weighted by molar-refractivity contribution is 5.90. The van der Waals surface area contributed by atoms with E-state index in [4.69, 9.17) is 4.74 Å². The molecule has 0 radical (unpaired) electrons. The maximum Gasteiger partial charge on any atom is 0.337 e. The lowest BCUT2D eigenvalue weighted by molar-refractivity contribution is -0.131. The Kier molecular flexibility index (Phi) is 3.44. The normalized spacial score (nSPS) is 9.53. The van der Waals surface area contributed by atoms with Crippen molar-refractivity contribution in [2.45, 2.75) is 13.8 Å². The fraction of sp³-hybridized carbons (Fsp3) is 0.273. The number of rotatable bonds is 2. The molecule has 15 heavy (non-hydrogen) atoms. The Balaban J connectivity index is 3.04. The van der Waals surface area contributed by atoms with Gasteiger partial charge in [0.25, 0.3) is 0 Å². The Morgan fingerprint density at radius 1 is 1.20 bits per heavy atom. The summed E-state index contributed by atoms with van der Waals surface area (Å²) in [6.45, 7) is 3.11. The summed E-state index contributed by atoms with van der Waals surface area (Å²) in [5.41, 5.74) is 1.20. The van der Waals surface area contributed by atoms with Crippen LogP contribution in [0.2, 0.25) is 0 Å². The van der Waals surface area contributed by atoms with Gasteiger partial charge in [0.1, 0.15) is 5.75 Å². The second-order valence-electron chi connectivity index (χ2n) is 3.12. The summed E-state index contributed by atoms with van der Waals surface area (Å²) in [7, 11) is 1.30. The molecule has 4 nitrogen and oxygen atoms in total. The van der Waals surface area contributed by atoms with E-state index >= 15 is 0 Å². The van der Waals surface area contributed by atoms with E-state index in [2.05, 4.69) is 4.74 Å². The number of hydrogen-bond donors (Lipinski definition) is 0. The summed E-state index contributed by atoms with van der Waals surface area (Å²) in [6.07, 6.45) is 0. The molecule has 0 N–H and O–H groups in total. The first-order valence-corrected chi connectivity index (χ1v) is 4.41. The fourth-order valence-electron chi connectivity index (χ4n) is 1.21. The van der Waals surface area contributed by atoms with E-state index in [0.29, 0.717) is 11.3 Å². The third kappa shape index (κ3) is 3.09. The van der Waals surface area contributed by atoms with Crippen LogP contribution < -0.4 is 4.74 Å². The molecule has 0 spiro atoms. The zero-order chi connectivity index (χ0) is 11.4. The summed E-state index contributed by atoms with van der Waals surface area (Å²) < 4.78 is 9.46. The lowest BCUT2D eigenvalue weighted by Gasteiger charge is -2.05. The molecule has 0 fully saturated rings. The van der Waals surface area contributed by atoms with Gasteiger partial charge < -0.3 is 9.47 Å². The van der Waals surface area contributed by atoms with E-state index in [1.165, 1.54) is 20.1 Å². The van der Waals surface area contributed by atoms with E-state index in [9.17, 15) is 9.59 Å². The van der Waals surface area contributed by atoms with Gasteiger partial charge in [-0.3, -0.25) is 4.79 Å². The van der Waals surface area contributed by atoms with Gasteiger partial charge in [-0.2, -0.15) is 0 Å². The molecular formula is C11H12O4. The van der Waals surface area contributed by atoms with Gasteiger partial charge in [0.05, 0.1) is 12.7 Å². The summed E-state index contributed by atoms with van der Waals surface area (Å²) in [5.74, 6) is -0.522. The molecule has 0 aliphatic rings. The molecule has 1 aromatic rings. The van der Waals surface area contributed by atoms with E-state index < -0.39 is 11.9 Å². The molecule has 80 valence electrons. The molecule has 0 bridgehead atoms. The van der Waals surface area contributed by atoms with E-state index in [0.717, 1.165) is 5.56 Å². The molecule has 1 aromatic carbocycles. The van der Waals surface area contributed by atoms with Crippen molar-refractivity contribution in [1.29, 1.82) is 0 Å². The highest BCUT2D eigenvalue weighted by atomic mass is 16.5. The van der Waals surface area contributed by atoms with Crippen LogP contribution in [0, 0.1) is 6.92 Å². The minimum atomic E-state index is -0.452. The van der Waals surface area contributed by atoms with Gasteiger partial charge in [0.2, 0.25) is 0 Å². The number of benzene rings is 1. The number of ether oxygens (including phenoxy) is 2. The van der Waals surface area contributed by atoms with E-state index in [1.807, 2.05) is 0 Å². The first kappa shape index (κ1) is 11.2. The Labute approximate surface area is 87.8 Å². The monoisotopic (exact) mass is 208 g/mol. The van der Waals surface area contributed by atoms with Gasteiger partial charge in [-0.1, -0.05) is 0 Å². The van der Waals surface area contributed by atoms with Crippen LogP contribution in [0.1, 0.15) is 22.8 Å². The average molecular weight is 208 g/mol. The number of esters is 2. The molecule has 0 heterocycles. The second kappa shape index (κ2) is 4.59. The molecule has 0 aliphatic heterocycles. The number of carbonyl (C=O) groups is 2. The maximum absolute atomic E-state index is 11.2. The van der Waals surface area contributed by atoms with Crippen LogP contribution in [0.25, 0.3) is 0 Å². The van der Waals surface area contributed by atoms with Crippen molar-refractivity contribution in [3.63, 3.8) is 0 Å². The second-order valence-corrected chi connectivity index (χ2v) is 3.12. The molecule has 0 amide bonds. The van der Waals surface area contributed by atoms with Gasteiger partial charge >= 0.3 is 11.9 Å². The standard InChI is InChI=1S/C11H12O4/c1-7-4-9(11(13)14-3)6-10(5-7)15-8(2)12/h4-6H,1-3H3. The van der Waals surface area contributed by atoms with Crippen LogP contribution in [0.3, 0.4) is 0 Å². The maximum atomic E-state index is 11.2. The van der Waals surface area contributed by atoms with Gasteiger partial charge in [0, 0.05) is 6.92 Å². The van der Waals surface area contributed by atoms with Crippen LogP contribution in [-0.4, -0.2) is 19.0 Å². The largest absolute Gasteiger partial charge is 0.465 e. The third-order valence-corrected chi connectivity index (χ3v) is 1.73. The van der Waals surface area contributed by atoms with Crippen molar-refractivity contribution < 1.29 is 19.1 Å². The van der Waals surface area contributed by atoms with Gasteiger partial charge in [-0.25, -0.2) is 4.79 Å². The van der Waals surface area contributed by atoms with Crippen LogP contribution in [0.5, 0.6) is 5.75 Å². The zero-order valence-corrected chi connectivity index (χ0v) is 8.87. The van der Waals surface area contributed by atoms with Crippen LogP contribution in [0.4, 0.5) is 0 Å². The first-order valence-electron chi connectivity index (χ1n) is 4.41. The van der Waals surface area contributed by atoms with Crippen LogP contribution in [0.15, 0.2) is 18.2 Å². The number of carbonyl (C=O) groups excluding carboxylic acids is 2. The van der Waals surface area contributed by atoms with Gasteiger partial charge in [0.15, 0.2) is 0 Å². The predicted octanol–water partition coefficient (Wildman–Crippen LogP) is 1.71. The highest BCUT2D eigenvalue weighted by Crippen LogP contribution is 2.17. The Morgan fingerprint density at radius 2 is 1.87 bits per heavy atom. The zero-order valence-electron chi connectivity index (χ0n) is 8.87. The number of hydrogen-bond acceptors (Lipinski definition) is 4. The number of aryl methyl sites for hydroxylation is 1. The Morgan fingerprint density at radius 3 is 2.40 bits per heavy atom. The fourth-order valence-corrected chi connectivity index (χ4v) is 1.21. The summed E-state index contributed by atoms with van der Waals surface area (Å²) in [5, 5.41) is 0. The Hall–Kier alpha value is -1.84. The predicted molar refractivity (Wildman–Crippen MR) is 53.8 cm³/mol. The average Bonchev–Trinajstić information content (AvgIpc) is 2.14. The minimum Gasteiger partial charge on any atom is -0.465 e. The lowest BCUT2D eigenvalue weighted by atomic mass is 10.1. The lowest BCUT2D eigenvalue weighted by Crippen LogP contribution is -2.05. The van der Waals surface area contributed by atoms with Crippen molar-refractivity contribution >= 4 is 11.9 Å². The van der Waals surface area contributed by atoms with Gasteiger partial charge in [-0.15, -0.1) is 0 Å². The molecule has 0 unspecified atom stereocenters. The topological polar surface area (TPSA) is 52.6 Å². The smallest absolute Gasteiger partial charge is 0.337 e. The molecule has 0 saturated heterocycles. The van der Waals surface area contributed by atoms with Crippen molar-refractivity contribution in [2.24, 2.45) is 0 Å². The quantitative estimate of drug-likeness (QED) is 0.548. The van der Waals surface area contributed by atoms with E-state index in [1.54, 1.807) is 19.1 Å². The Bertz CT molecular complexity index is 396. The minimum absolute atomic E-state index is 0.350. The summed E-state index contributed by atoms with van der Waals surface area (Å²) in [4.78, 5) is 22.0. The number of methoxy groups -OCH3 is 1. The molecule has 1 rings (SSSR count). The molecule has 4 heteroatoms. The SMILES string of the molecule is COC(=O)c1cc(C)cc(OC(C)=O)c1. The summed E-state index contributed by atoms with van der Waals surface area (Å²) >= 11 is 0. The van der Waals surface area contributed by atoms with Crippen molar-refractivity contribution in [1.82, 2.24) is 0 Å². The molecular weight excluding hydrogens is 196 g/mol. The van der Waals surface area contributed by atoms with E-state index in [-0.39, 0.29) is 0 Å². The van der Waals surface area contributed by atoms with Crippen LogP contribution >= 0.6 is 0 Å². The third-order valence-electron chi connectivity index (χ3n) is 1.73. The van der Waals surface area contributed by atoms with Crippen molar-refractivity contribution in [2.75, 3.05) is 7.11 Å². The highest BCUT2D eigenvalue weighted by Gasteiger charge is 2.08. The molecule has 0 atom stereocenters. The molecule has 0 saturated carbocycles. The van der Waals surface area contributed by atoms with Crippen molar-refractivity contribution in [3.05, 3.63) is 29.3 Å².